The van der Waals surface area contributed by atoms with E-state index in [0.717, 1.165) is 26.2 Å². The second kappa shape index (κ2) is 5.88. The topological polar surface area (TPSA) is 37.4 Å². The van der Waals surface area contributed by atoms with Crippen LogP contribution in [-0.2, 0) is 11.3 Å². The summed E-state index contributed by atoms with van der Waals surface area (Å²) < 4.78 is 5.97. The number of rotatable bonds is 4. The van der Waals surface area contributed by atoms with Gasteiger partial charge in [0.2, 0.25) is 0 Å². The van der Waals surface area contributed by atoms with Crippen molar-refractivity contribution in [3.8, 4) is 0 Å². The van der Waals surface area contributed by atoms with Crippen molar-refractivity contribution in [2.75, 3.05) is 24.5 Å². The molecule has 1 aromatic heterocycles. The monoisotopic (exact) mass is 263 g/mol. The summed E-state index contributed by atoms with van der Waals surface area (Å²) in [5.41, 5.74) is 2.43. The Balaban J connectivity index is 2.20. The summed E-state index contributed by atoms with van der Waals surface area (Å²) in [7, 11) is 0. The van der Waals surface area contributed by atoms with Gasteiger partial charge in [0, 0.05) is 43.3 Å². The van der Waals surface area contributed by atoms with Gasteiger partial charge in [-0.15, -0.1) is 0 Å². The number of nitrogens with zero attached hydrogens (tertiary/aromatic N) is 2. The molecule has 1 fully saturated rings. The molecule has 0 aromatic carbocycles. The third kappa shape index (κ3) is 3.67. The van der Waals surface area contributed by atoms with Gasteiger partial charge < -0.3 is 15.0 Å². The molecule has 19 heavy (non-hydrogen) atoms. The van der Waals surface area contributed by atoms with E-state index in [0.29, 0.717) is 0 Å². The number of morpholine rings is 1. The molecular formula is C15H25N3O. The molecule has 0 spiro atoms. The van der Waals surface area contributed by atoms with E-state index >= 15 is 0 Å². The predicted molar refractivity (Wildman–Crippen MR) is 78.5 cm³/mol. The smallest absolute Gasteiger partial charge is 0.0805 e. The highest BCUT2D eigenvalue weighted by molar-refractivity contribution is 5.53. The van der Waals surface area contributed by atoms with Crippen molar-refractivity contribution >= 4 is 5.69 Å². The summed E-state index contributed by atoms with van der Waals surface area (Å²) in [4.78, 5) is 6.67. The fourth-order valence-corrected chi connectivity index (χ4v) is 2.76. The Morgan fingerprint density at radius 1 is 1.53 bits per heavy atom. The Hall–Kier alpha value is -1.13. The van der Waals surface area contributed by atoms with Crippen molar-refractivity contribution in [1.29, 1.82) is 0 Å². The molecule has 106 valence electrons. The van der Waals surface area contributed by atoms with Gasteiger partial charge in [-0.05, 0) is 33.4 Å². The van der Waals surface area contributed by atoms with Crippen LogP contribution in [-0.4, -0.2) is 36.3 Å². The number of ether oxygens (including phenoxy) is 1. The van der Waals surface area contributed by atoms with Crippen molar-refractivity contribution < 1.29 is 4.74 Å². The fraction of sp³-hybridized carbons (Fsp3) is 0.667. The largest absolute Gasteiger partial charge is 0.369 e. The van der Waals surface area contributed by atoms with Crippen molar-refractivity contribution in [2.24, 2.45) is 0 Å². The lowest BCUT2D eigenvalue weighted by Gasteiger charge is -2.43. The van der Waals surface area contributed by atoms with Gasteiger partial charge in [0.05, 0.1) is 11.7 Å². The third-order valence-corrected chi connectivity index (χ3v) is 3.35. The molecule has 1 aromatic rings. The molecular weight excluding hydrogens is 238 g/mol. The summed E-state index contributed by atoms with van der Waals surface area (Å²) in [5.74, 6) is 0. The Morgan fingerprint density at radius 2 is 2.32 bits per heavy atom. The van der Waals surface area contributed by atoms with Crippen LogP contribution in [0.5, 0.6) is 0 Å². The number of hydrogen-bond acceptors (Lipinski definition) is 4. The van der Waals surface area contributed by atoms with Crippen molar-refractivity contribution in [1.82, 2.24) is 10.3 Å². The SMILES string of the molecule is CCNCc1cnccc1N1CC(C)OC(C)(C)C1. The van der Waals surface area contributed by atoms with Gasteiger partial charge in [-0.25, -0.2) is 0 Å². The van der Waals surface area contributed by atoms with E-state index in [-0.39, 0.29) is 11.7 Å². The first kappa shape index (κ1) is 14.3. The Morgan fingerprint density at radius 3 is 3.00 bits per heavy atom. The van der Waals surface area contributed by atoms with Gasteiger partial charge in [-0.1, -0.05) is 6.92 Å². The maximum Gasteiger partial charge on any atom is 0.0805 e. The average Bonchev–Trinajstić information content (AvgIpc) is 2.34. The van der Waals surface area contributed by atoms with Crippen LogP contribution < -0.4 is 10.2 Å². The molecule has 1 aliphatic rings. The molecule has 0 bridgehead atoms. The van der Waals surface area contributed by atoms with Gasteiger partial charge in [-0.3, -0.25) is 4.98 Å². The predicted octanol–water partition coefficient (Wildman–Crippen LogP) is 2.19. The maximum atomic E-state index is 5.97. The van der Waals surface area contributed by atoms with E-state index < -0.39 is 0 Å². The number of hydrogen-bond donors (Lipinski definition) is 1. The normalized spacial score (nSPS) is 22.5. The van der Waals surface area contributed by atoms with Crippen molar-refractivity contribution in [2.45, 2.75) is 45.9 Å². The summed E-state index contributed by atoms with van der Waals surface area (Å²) >= 11 is 0. The summed E-state index contributed by atoms with van der Waals surface area (Å²) in [5, 5.41) is 3.38. The summed E-state index contributed by atoms with van der Waals surface area (Å²) in [6.45, 7) is 12.3. The van der Waals surface area contributed by atoms with Gasteiger partial charge >= 0.3 is 0 Å². The molecule has 0 saturated carbocycles. The number of aromatic nitrogens is 1. The van der Waals surface area contributed by atoms with E-state index in [1.807, 2.05) is 12.4 Å². The van der Waals surface area contributed by atoms with E-state index in [4.69, 9.17) is 4.74 Å². The molecule has 1 N–H and O–H groups in total. The molecule has 4 heteroatoms. The lowest BCUT2D eigenvalue weighted by molar-refractivity contribution is -0.0750. The molecule has 1 aliphatic heterocycles. The van der Waals surface area contributed by atoms with Crippen molar-refractivity contribution in [3.05, 3.63) is 24.0 Å². The van der Waals surface area contributed by atoms with Crippen LogP contribution in [0.3, 0.4) is 0 Å². The standard InChI is InChI=1S/C15H25N3O/c1-5-16-8-13-9-17-7-6-14(13)18-10-12(2)19-15(3,4)11-18/h6-7,9,12,16H,5,8,10-11H2,1-4H3. The molecule has 1 atom stereocenters. The zero-order valence-corrected chi connectivity index (χ0v) is 12.4. The number of anilines is 1. The van der Waals surface area contributed by atoms with Crippen LogP contribution >= 0.6 is 0 Å². The molecule has 0 radical (unpaired) electrons. The molecule has 4 nitrogen and oxygen atoms in total. The minimum absolute atomic E-state index is 0.101. The van der Waals surface area contributed by atoms with Crippen LogP contribution in [0.1, 0.15) is 33.3 Å². The Kier molecular flexibility index (Phi) is 4.42. The fourth-order valence-electron chi connectivity index (χ4n) is 2.76. The first-order valence-electron chi connectivity index (χ1n) is 7.08. The minimum Gasteiger partial charge on any atom is -0.369 e. The summed E-state index contributed by atoms with van der Waals surface area (Å²) in [6, 6.07) is 2.11. The zero-order valence-electron chi connectivity index (χ0n) is 12.4. The lowest BCUT2D eigenvalue weighted by atomic mass is 10.0. The first-order valence-corrected chi connectivity index (χ1v) is 7.08. The van der Waals surface area contributed by atoms with Crippen LogP contribution in [0.4, 0.5) is 5.69 Å². The first-order chi connectivity index (χ1) is 9.02. The molecule has 1 unspecified atom stereocenters. The highest BCUT2D eigenvalue weighted by atomic mass is 16.5. The highest BCUT2D eigenvalue weighted by Crippen LogP contribution is 2.27. The lowest BCUT2D eigenvalue weighted by Crippen LogP contribution is -2.52. The maximum absolute atomic E-state index is 5.97. The van der Waals surface area contributed by atoms with Crippen molar-refractivity contribution in [3.63, 3.8) is 0 Å². The molecule has 1 saturated heterocycles. The molecule has 2 rings (SSSR count). The minimum atomic E-state index is -0.101. The van der Waals surface area contributed by atoms with E-state index in [1.54, 1.807) is 0 Å². The van der Waals surface area contributed by atoms with Gasteiger partial charge in [0.15, 0.2) is 0 Å². The second-order valence-corrected chi connectivity index (χ2v) is 5.85. The quantitative estimate of drug-likeness (QED) is 0.903. The van der Waals surface area contributed by atoms with Crippen LogP contribution in [0, 0.1) is 0 Å². The van der Waals surface area contributed by atoms with Gasteiger partial charge in [0.25, 0.3) is 0 Å². The van der Waals surface area contributed by atoms with Gasteiger partial charge in [-0.2, -0.15) is 0 Å². The molecule has 0 amide bonds. The van der Waals surface area contributed by atoms with Crippen LogP contribution in [0.25, 0.3) is 0 Å². The zero-order chi connectivity index (χ0) is 13.9. The second-order valence-electron chi connectivity index (χ2n) is 5.85. The molecule has 2 heterocycles. The van der Waals surface area contributed by atoms with E-state index in [2.05, 4.69) is 49.0 Å². The number of nitrogens with one attached hydrogen (secondary N) is 1. The molecule has 0 aliphatic carbocycles. The summed E-state index contributed by atoms with van der Waals surface area (Å²) in [6.07, 6.45) is 4.09. The third-order valence-electron chi connectivity index (χ3n) is 3.35. The Bertz CT molecular complexity index is 420. The van der Waals surface area contributed by atoms with Gasteiger partial charge in [0.1, 0.15) is 0 Å². The van der Waals surface area contributed by atoms with Crippen LogP contribution in [0.15, 0.2) is 18.5 Å². The van der Waals surface area contributed by atoms with E-state index in [9.17, 15) is 0 Å². The Labute approximate surface area is 116 Å². The van der Waals surface area contributed by atoms with Crippen LogP contribution in [0.2, 0.25) is 0 Å². The number of pyridine rings is 1. The average molecular weight is 263 g/mol. The highest BCUT2D eigenvalue weighted by Gasteiger charge is 2.32. The van der Waals surface area contributed by atoms with E-state index in [1.165, 1.54) is 11.3 Å².